The lowest BCUT2D eigenvalue weighted by atomic mass is 10.0. The molecule has 1 fully saturated rings. The Balaban J connectivity index is 2.15. The van der Waals surface area contributed by atoms with Crippen LogP contribution in [0.4, 0.5) is 0 Å². The van der Waals surface area contributed by atoms with Crippen LogP contribution in [0.3, 0.4) is 0 Å². The van der Waals surface area contributed by atoms with Gasteiger partial charge in [0, 0.05) is 28.2 Å². The minimum absolute atomic E-state index is 0.116. The number of hydrogen-bond acceptors (Lipinski definition) is 6. The molecular weight excluding hydrogens is 302 g/mol. The summed E-state index contributed by atoms with van der Waals surface area (Å²) in [4.78, 5) is 4.32. The third-order valence-electron chi connectivity index (χ3n) is 3.57. The van der Waals surface area contributed by atoms with E-state index in [0.29, 0.717) is 10.5 Å². The number of ether oxygens (including phenoxy) is 1. The number of aromatic nitrogens is 1. The molecule has 0 amide bonds. The molecule has 1 aromatic heterocycles. The summed E-state index contributed by atoms with van der Waals surface area (Å²) < 4.78 is 5.69. The zero-order valence-corrected chi connectivity index (χ0v) is 14.4. The molecule has 0 radical (unpaired) electrons. The molecule has 2 heterocycles. The van der Waals surface area contributed by atoms with Crippen LogP contribution >= 0.6 is 23.5 Å². The molecule has 3 N–H and O–H groups in total. The van der Waals surface area contributed by atoms with Gasteiger partial charge in [0.15, 0.2) is 0 Å². The van der Waals surface area contributed by atoms with E-state index in [4.69, 9.17) is 10.6 Å². The van der Waals surface area contributed by atoms with Crippen LogP contribution in [-0.4, -0.2) is 33.6 Å². The van der Waals surface area contributed by atoms with Gasteiger partial charge in [0.25, 0.3) is 0 Å². The molecule has 3 unspecified atom stereocenters. The molecule has 6 heteroatoms. The van der Waals surface area contributed by atoms with Gasteiger partial charge in [-0.05, 0) is 24.5 Å². The molecule has 1 saturated heterocycles. The second-order valence-corrected chi connectivity index (χ2v) is 7.73. The number of hydrazine groups is 1. The van der Waals surface area contributed by atoms with Crippen molar-refractivity contribution in [3.05, 3.63) is 24.0 Å². The van der Waals surface area contributed by atoms with Gasteiger partial charge >= 0.3 is 0 Å². The number of thioether (sulfide) groups is 2. The van der Waals surface area contributed by atoms with E-state index in [2.05, 4.69) is 42.1 Å². The predicted octanol–water partition coefficient (Wildman–Crippen LogP) is 3.00. The van der Waals surface area contributed by atoms with Gasteiger partial charge in [-0.2, -0.15) is 23.5 Å². The topological polar surface area (TPSA) is 60.2 Å². The Kier molecular flexibility index (Phi) is 7.16. The van der Waals surface area contributed by atoms with Gasteiger partial charge in [-0.1, -0.05) is 13.8 Å². The monoisotopic (exact) mass is 327 g/mol. The average Bonchev–Trinajstić information content (AvgIpc) is 2.54. The number of rotatable bonds is 7. The van der Waals surface area contributed by atoms with Crippen molar-refractivity contribution in [2.45, 2.75) is 43.2 Å². The number of hydrogen-bond donors (Lipinski definition) is 2. The standard InChI is InChI=1S/C15H25N3OS2/c1-3-5-19-12-8-11(9-17-10-12)14(18-16)15-13(4-2)20-6-7-21-15/h8-10,13-15,18H,3-7,16H2,1-2H3. The molecule has 2 rings (SSSR count). The van der Waals surface area contributed by atoms with Crippen LogP contribution in [0.2, 0.25) is 0 Å². The quantitative estimate of drug-likeness (QED) is 0.593. The van der Waals surface area contributed by atoms with Gasteiger partial charge < -0.3 is 4.74 Å². The molecular formula is C15H25N3OS2. The SMILES string of the molecule is CCCOc1cncc(C(NN)C2SCCSC2CC)c1. The molecule has 0 aromatic carbocycles. The third-order valence-corrected chi connectivity index (χ3v) is 6.92. The first kappa shape index (κ1) is 16.9. The maximum Gasteiger partial charge on any atom is 0.137 e. The first-order chi connectivity index (χ1) is 10.3. The van der Waals surface area contributed by atoms with E-state index in [-0.39, 0.29) is 6.04 Å². The summed E-state index contributed by atoms with van der Waals surface area (Å²) in [5.41, 5.74) is 4.12. The summed E-state index contributed by atoms with van der Waals surface area (Å²) in [5.74, 6) is 9.11. The Morgan fingerprint density at radius 3 is 2.90 bits per heavy atom. The molecule has 0 spiro atoms. The summed E-state index contributed by atoms with van der Waals surface area (Å²) in [6.45, 7) is 5.07. The fourth-order valence-electron chi connectivity index (χ4n) is 2.53. The van der Waals surface area contributed by atoms with Crippen LogP contribution < -0.4 is 16.0 Å². The fourth-order valence-corrected chi connectivity index (χ4v) is 5.77. The van der Waals surface area contributed by atoms with Gasteiger partial charge in [0.05, 0.1) is 18.8 Å². The van der Waals surface area contributed by atoms with E-state index in [1.165, 1.54) is 17.9 Å². The highest BCUT2D eigenvalue weighted by atomic mass is 32.2. The van der Waals surface area contributed by atoms with E-state index < -0.39 is 0 Å². The van der Waals surface area contributed by atoms with E-state index in [1.54, 1.807) is 6.20 Å². The van der Waals surface area contributed by atoms with Crippen molar-refractivity contribution < 1.29 is 4.74 Å². The Bertz CT molecular complexity index is 433. The van der Waals surface area contributed by atoms with Gasteiger partial charge in [-0.25, -0.2) is 0 Å². The van der Waals surface area contributed by atoms with Crippen LogP contribution in [0.25, 0.3) is 0 Å². The van der Waals surface area contributed by atoms with Crippen molar-refractivity contribution in [2.75, 3.05) is 18.1 Å². The molecule has 4 nitrogen and oxygen atoms in total. The highest BCUT2D eigenvalue weighted by molar-refractivity contribution is 8.07. The van der Waals surface area contributed by atoms with Gasteiger partial charge in [0.1, 0.15) is 5.75 Å². The average molecular weight is 328 g/mol. The molecule has 0 bridgehead atoms. The summed E-state index contributed by atoms with van der Waals surface area (Å²) in [6, 6.07) is 2.19. The Morgan fingerprint density at radius 2 is 2.19 bits per heavy atom. The second-order valence-electron chi connectivity index (χ2n) is 5.10. The van der Waals surface area contributed by atoms with Crippen molar-refractivity contribution in [2.24, 2.45) is 5.84 Å². The summed E-state index contributed by atoms with van der Waals surface area (Å²) in [6.07, 6.45) is 5.83. The number of nitrogens with one attached hydrogen (secondary N) is 1. The van der Waals surface area contributed by atoms with Gasteiger partial charge in [0.2, 0.25) is 0 Å². The fraction of sp³-hybridized carbons (Fsp3) is 0.667. The van der Waals surface area contributed by atoms with E-state index in [1.807, 2.05) is 18.0 Å². The normalized spacial score (nSPS) is 23.8. The Labute approximate surface area is 136 Å². The molecule has 0 saturated carbocycles. The Morgan fingerprint density at radius 1 is 1.38 bits per heavy atom. The smallest absolute Gasteiger partial charge is 0.137 e. The maximum atomic E-state index is 5.86. The van der Waals surface area contributed by atoms with Gasteiger partial charge in [-0.15, -0.1) is 0 Å². The van der Waals surface area contributed by atoms with Crippen molar-refractivity contribution in [3.8, 4) is 5.75 Å². The van der Waals surface area contributed by atoms with Crippen LogP contribution in [0.15, 0.2) is 18.5 Å². The highest BCUT2D eigenvalue weighted by Gasteiger charge is 2.32. The van der Waals surface area contributed by atoms with Crippen LogP contribution in [0.1, 0.15) is 38.3 Å². The molecule has 1 aromatic rings. The zero-order chi connectivity index (χ0) is 15.1. The lowest BCUT2D eigenvalue weighted by Gasteiger charge is -2.35. The maximum absolute atomic E-state index is 5.86. The largest absolute Gasteiger partial charge is 0.492 e. The zero-order valence-electron chi connectivity index (χ0n) is 12.7. The number of nitrogens with two attached hydrogens (primary N) is 1. The van der Waals surface area contributed by atoms with Gasteiger partial charge in [-0.3, -0.25) is 16.3 Å². The lowest BCUT2D eigenvalue weighted by molar-refractivity contribution is 0.315. The van der Waals surface area contributed by atoms with E-state index >= 15 is 0 Å². The number of pyridine rings is 1. The van der Waals surface area contributed by atoms with Crippen LogP contribution in [0, 0.1) is 0 Å². The summed E-state index contributed by atoms with van der Waals surface area (Å²) in [7, 11) is 0. The molecule has 21 heavy (non-hydrogen) atoms. The molecule has 118 valence electrons. The van der Waals surface area contributed by atoms with Crippen molar-refractivity contribution in [3.63, 3.8) is 0 Å². The summed E-state index contributed by atoms with van der Waals surface area (Å²) in [5, 5.41) is 1.10. The van der Waals surface area contributed by atoms with Crippen molar-refractivity contribution >= 4 is 23.5 Å². The highest BCUT2D eigenvalue weighted by Crippen LogP contribution is 2.40. The van der Waals surface area contributed by atoms with Crippen molar-refractivity contribution in [1.82, 2.24) is 10.4 Å². The predicted molar refractivity (Wildman–Crippen MR) is 92.9 cm³/mol. The number of nitrogens with zero attached hydrogens (tertiary/aromatic N) is 1. The minimum atomic E-state index is 0.116. The Hall–Kier alpha value is -0.430. The molecule has 1 aliphatic rings. The lowest BCUT2D eigenvalue weighted by Crippen LogP contribution is -2.41. The van der Waals surface area contributed by atoms with E-state index in [9.17, 15) is 0 Å². The second kappa shape index (κ2) is 8.88. The first-order valence-corrected chi connectivity index (χ1v) is 9.67. The third kappa shape index (κ3) is 4.52. The van der Waals surface area contributed by atoms with Crippen LogP contribution in [-0.2, 0) is 0 Å². The first-order valence-electron chi connectivity index (χ1n) is 7.57. The van der Waals surface area contributed by atoms with E-state index in [0.717, 1.165) is 24.3 Å². The molecule has 0 aliphatic carbocycles. The molecule has 3 atom stereocenters. The van der Waals surface area contributed by atoms with Crippen LogP contribution in [0.5, 0.6) is 5.75 Å². The molecule has 1 aliphatic heterocycles. The summed E-state index contributed by atoms with van der Waals surface area (Å²) >= 11 is 4.07. The minimum Gasteiger partial charge on any atom is -0.492 e. The van der Waals surface area contributed by atoms with Crippen molar-refractivity contribution in [1.29, 1.82) is 0 Å².